The topological polar surface area (TPSA) is 22.8 Å². The van der Waals surface area contributed by atoms with E-state index in [1.165, 1.54) is 32.9 Å². The van der Waals surface area contributed by atoms with Crippen molar-refractivity contribution >= 4 is 54.6 Å². The van der Waals surface area contributed by atoms with E-state index >= 15 is 0 Å². The summed E-state index contributed by atoms with van der Waals surface area (Å²) < 4.78 is 4.67. The van der Waals surface area contributed by atoms with Crippen molar-refractivity contribution in [2.24, 2.45) is 0 Å². The number of pyridine rings is 1. The van der Waals surface area contributed by atoms with Gasteiger partial charge in [-0.1, -0.05) is 119 Å². The van der Waals surface area contributed by atoms with E-state index in [0.717, 1.165) is 33.1 Å². The van der Waals surface area contributed by atoms with E-state index < -0.39 is 0 Å². The molecule has 0 aliphatic heterocycles. The van der Waals surface area contributed by atoms with Gasteiger partial charge in [0.25, 0.3) is 0 Å². The van der Waals surface area contributed by atoms with Gasteiger partial charge < -0.3 is 4.57 Å². The van der Waals surface area contributed by atoms with Crippen molar-refractivity contribution in [1.82, 2.24) is 14.1 Å². The second-order valence-corrected chi connectivity index (χ2v) is 9.77. The molecule has 0 saturated carbocycles. The number of hydrogen-bond acceptors (Lipinski definition) is 1. The van der Waals surface area contributed by atoms with Gasteiger partial charge >= 0.3 is 0 Å². The van der Waals surface area contributed by atoms with Gasteiger partial charge in [0.2, 0.25) is 0 Å². The summed E-state index contributed by atoms with van der Waals surface area (Å²) in [6.45, 7) is 11.6. The predicted octanol–water partition coefficient (Wildman–Crippen LogP) is 11.5. The van der Waals surface area contributed by atoms with Gasteiger partial charge in [0.15, 0.2) is 0 Å². The van der Waals surface area contributed by atoms with Crippen molar-refractivity contribution in [2.45, 2.75) is 41.5 Å². The van der Waals surface area contributed by atoms with E-state index in [1.807, 2.05) is 41.5 Å². The Morgan fingerprint density at radius 1 is 0.477 bits per heavy atom. The van der Waals surface area contributed by atoms with E-state index in [2.05, 4.69) is 148 Å². The second kappa shape index (κ2) is 13.8. The molecule has 44 heavy (non-hydrogen) atoms. The molecule has 3 aromatic heterocycles. The largest absolute Gasteiger partial charge is 0.307 e. The molecule has 0 fully saturated rings. The normalized spacial score (nSPS) is 10.3. The summed E-state index contributed by atoms with van der Waals surface area (Å²) in [4.78, 5) is 5.39. The van der Waals surface area contributed by atoms with Gasteiger partial charge in [0.1, 0.15) is 5.65 Å². The van der Waals surface area contributed by atoms with E-state index in [9.17, 15) is 0 Å². The first-order valence-corrected chi connectivity index (χ1v) is 15.5. The molecule has 0 aliphatic rings. The number of nitrogens with zero attached hydrogens (tertiary/aromatic N) is 3. The molecule has 0 unspecified atom stereocenters. The van der Waals surface area contributed by atoms with Crippen molar-refractivity contribution in [3.8, 4) is 23.2 Å². The Balaban J connectivity index is 0.000000440. The fourth-order valence-corrected chi connectivity index (χ4v) is 5.74. The van der Waals surface area contributed by atoms with Crippen LogP contribution in [-0.4, -0.2) is 14.1 Å². The van der Waals surface area contributed by atoms with Gasteiger partial charge in [0, 0.05) is 27.2 Å². The monoisotopic (exact) mass is 573 g/mol. The zero-order valence-electron chi connectivity index (χ0n) is 26.5. The van der Waals surface area contributed by atoms with Gasteiger partial charge in [-0.05, 0) is 55.6 Å². The summed E-state index contributed by atoms with van der Waals surface area (Å²) in [5, 5.41) is 5.99. The van der Waals surface area contributed by atoms with Crippen LogP contribution in [0, 0.1) is 11.8 Å². The third-order valence-corrected chi connectivity index (χ3v) is 7.54. The zero-order chi connectivity index (χ0) is 31.1. The van der Waals surface area contributed by atoms with Gasteiger partial charge in [-0.25, -0.2) is 4.98 Å². The first-order chi connectivity index (χ1) is 21.8. The number of para-hydroxylation sites is 3. The number of rotatable bonds is 2. The second-order valence-electron chi connectivity index (χ2n) is 9.77. The smallest absolute Gasteiger partial charge is 0.146 e. The molecule has 8 aromatic rings. The van der Waals surface area contributed by atoms with Crippen LogP contribution < -0.4 is 0 Å². The fraction of sp³-hybridized carbons (Fsp3) is 0.146. The molecule has 0 saturated heterocycles. The average molecular weight is 574 g/mol. The van der Waals surface area contributed by atoms with Gasteiger partial charge in [0.05, 0.1) is 27.8 Å². The predicted molar refractivity (Wildman–Crippen MR) is 192 cm³/mol. The first-order valence-electron chi connectivity index (χ1n) is 15.5. The highest BCUT2D eigenvalue weighted by Crippen LogP contribution is 2.38. The minimum absolute atomic E-state index is 0.982. The van der Waals surface area contributed by atoms with Crippen molar-refractivity contribution in [3.63, 3.8) is 0 Å². The van der Waals surface area contributed by atoms with Crippen molar-refractivity contribution in [3.05, 3.63) is 127 Å². The van der Waals surface area contributed by atoms with Crippen LogP contribution in [0.5, 0.6) is 0 Å². The van der Waals surface area contributed by atoms with Crippen LogP contribution in [0.25, 0.3) is 66.0 Å². The molecule has 8 rings (SSSR count). The quantitative estimate of drug-likeness (QED) is 0.189. The van der Waals surface area contributed by atoms with Crippen LogP contribution >= 0.6 is 0 Å². The minimum atomic E-state index is 0.982. The van der Waals surface area contributed by atoms with Crippen molar-refractivity contribution in [1.29, 1.82) is 0 Å². The molecule has 0 radical (unpaired) electrons. The lowest BCUT2D eigenvalue weighted by atomic mass is 10.1. The Labute approximate surface area is 260 Å². The average Bonchev–Trinajstić information content (AvgIpc) is 3.61. The molecule has 3 heterocycles. The maximum absolute atomic E-state index is 5.39. The van der Waals surface area contributed by atoms with Crippen LogP contribution in [0.4, 0.5) is 0 Å². The number of fused-ring (bicyclic) bond motifs is 7. The summed E-state index contributed by atoms with van der Waals surface area (Å²) in [6.07, 6.45) is 0. The fourth-order valence-electron chi connectivity index (χ4n) is 5.74. The molecule has 0 N–H and O–H groups in total. The third kappa shape index (κ3) is 5.21. The molecule has 0 atom stereocenters. The maximum Gasteiger partial charge on any atom is 0.146 e. The van der Waals surface area contributed by atoms with Gasteiger partial charge in [-0.15, -0.1) is 11.8 Å². The maximum atomic E-state index is 5.39. The van der Waals surface area contributed by atoms with Crippen LogP contribution in [0.1, 0.15) is 41.5 Å². The Morgan fingerprint density at radius 2 is 1.02 bits per heavy atom. The highest BCUT2D eigenvalue weighted by atomic mass is 15.1. The molecule has 3 nitrogen and oxygen atoms in total. The van der Waals surface area contributed by atoms with Crippen molar-refractivity contribution < 1.29 is 0 Å². The summed E-state index contributed by atoms with van der Waals surface area (Å²) in [5.41, 5.74) is 7.75. The SMILES string of the molecule is CC.CC.CC#CC.c1ccc(-n2c3ccccc3c3cc4c(nc32)c2ccccc2n4-c2cccc3ccccc23)cc1. The van der Waals surface area contributed by atoms with E-state index in [4.69, 9.17) is 4.98 Å². The van der Waals surface area contributed by atoms with E-state index in [0.29, 0.717) is 0 Å². The zero-order valence-corrected chi connectivity index (χ0v) is 26.5. The summed E-state index contributed by atoms with van der Waals surface area (Å²) in [6, 6.07) is 45.2. The van der Waals surface area contributed by atoms with Gasteiger partial charge in [-0.2, -0.15) is 0 Å². The minimum Gasteiger partial charge on any atom is -0.307 e. The molecular formula is C41H39N3. The Morgan fingerprint density at radius 3 is 1.70 bits per heavy atom. The highest BCUT2D eigenvalue weighted by Gasteiger charge is 2.20. The van der Waals surface area contributed by atoms with Crippen LogP contribution in [0.3, 0.4) is 0 Å². The standard InChI is InChI=1S/C33H21N3.C4H6.2C2H6/c1-2-13-23(14-3-1)35-29-18-8-6-16-25(29)27-21-31-32(34-33(27)35)26-17-7-9-19-30(26)36(31)28-20-10-12-22-11-4-5-15-24(22)28;1-3-4-2;2*1-2/h1-21H;1-2H3;2*1-2H3. The molecule has 218 valence electrons. The Hall–Kier alpha value is -5.33. The molecular weight excluding hydrogens is 534 g/mol. The summed E-state index contributed by atoms with van der Waals surface area (Å²) in [5.74, 6) is 5.36. The lowest BCUT2D eigenvalue weighted by molar-refractivity contribution is 1.14. The number of aromatic nitrogens is 3. The highest BCUT2D eigenvalue weighted by molar-refractivity contribution is 6.16. The molecule has 0 bridgehead atoms. The lowest BCUT2D eigenvalue weighted by Gasteiger charge is -2.11. The van der Waals surface area contributed by atoms with Crippen LogP contribution in [-0.2, 0) is 0 Å². The molecule has 3 heteroatoms. The Bertz CT molecular complexity index is 2230. The third-order valence-electron chi connectivity index (χ3n) is 7.54. The summed E-state index contributed by atoms with van der Waals surface area (Å²) in [7, 11) is 0. The van der Waals surface area contributed by atoms with Crippen LogP contribution in [0.15, 0.2) is 127 Å². The van der Waals surface area contributed by atoms with E-state index in [1.54, 1.807) is 0 Å². The lowest BCUT2D eigenvalue weighted by Crippen LogP contribution is -1.97. The van der Waals surface area contributed by atoms with Gasteiger partial charge in [-0.3, -0.25) is 4.57 Å². The van der Waals surface area contributed by atoms with E-state index in [-0.39, 0.29) is 0 Å². The summed E-state index contributed by atoms with van der Waals surface area (Å²) >= 11 is 0. The number of benzene rings is 5. The van der Waals surface area contributed by atoms with Crippen LogP contribution in [0.2, 0.25) is 0 Å². The van der Waals surface area contributed by atoms with Crippen molar-refractivity contribution in [2.75, 3.05) is 0 Å². The molecule has 0 spiro atoms. The molecule has 0 aliphatic carbocycles. The molecule has 5 aromatic carbocycles. The Kier molecular flexibility index (Phi) is 9.43. The number of hydrogen-bond donors (Lipinski definition) is 0. The molecule has 0 amide bonds. The first kappa shape index (κ1) is 30.1.